The summed E-state index contributed by atoms with van der Waals surface area (Å²) < 4.78 is 5.39. The van der Waals surface area contributed by atoms with Gasteiger partial charge in [0.1, 0.15) is 5.60 Å². The maximum absolute atomic E-state index is 12.5. The molecular formula is C23H35N3O4. The molecule has 7 heteroatoms. The zero-order valence-electron chi connectivity index (χ0n) is 19.0. The quantitative estimate of drug-likeness (QED) is 0.796. The summed E-state index contributed by atoms with van der Waals surface area (Å²) in [5.74, 6) is -0.125. The highest BCUT2D eigenvalue weighted by Crippen LogP contribution is 2.20. The number of amides is 3. The summed E-state index contributed by atoms with van der Waals surface area (Å²) in [6.07, 6.45) is 0.930. The van der Waals surface area contributed by atoms with Crippen LogP contribution in [0.2, 0.25) is 0 Å². The van der Waals surface area contributed by atoms with Crippen LogP contribution in [-0.2, 0) is 16.1 Å². The van der Waals surface area contributed by atoms with Crippen molar-refractivity contribution in [1.29, 1.82) is 0 Å². The third-order valence-electron chi connectivity index (χ3n) is 5.28. The highest BCUT2D eigenvalue weighted by atomic mass is 16.6. The molecule has 1 aromatic rings. The molecule has 0 aliphatic carbocycles. The standard InChI is InChI=1S/C23H35N3O4/c1-16(2)25(6)21(28)19-9-7-17(8-10-19)15-24-20(27)18-11-13-26(14-12-18)22(29)30-23(3,4)5/h7-10,16,18H,11-15H2,1-6H3,(H,24,27). The van der Waals surface area contributed by atoms with Crippen molar-refractivity contribution in [3.63, 3.8) is 0 Å². The number of nitrogens with one attached hydrogen (secondary N) is 1. The van der Waals surface area contributed by atoms with Gasteiger partial charge in [0, 0.05) is 44.2 Å². The van der Waals surface area contributed by atoms with E-state index in [9.17, 15) is 14.4 Å². The summed E-state index contributed by atoms with van der Waals surface area (Å²) in [5.41, 5.74) is 1.06. The maximum Gasteiger partial charge on any atom is 0.410 e. The molecule has 3 amide bonds. The van der Waals surface area contributed by atoms with Crippen LogP contribution >= 0.6 is 0 Å². The van der Waals surface area contributed by atoms with Crippen molar-refractivity contribution < 1.29 is 19.1 Å². The van der Waals surface area contributed by atoms with Gasteiger partial charge < -0.3 is 19.9 Å². The Kier molecular flexibility index (Phi) is 7.87. The molecule has 1 aliphatic rings. The SMILES string of the molecule is CC(C)N(C)C(=O)c1ccc(CNC(=O)C2CCN(C(=O)OC(C)(C)C)CC2)cc1. The van der Waals surface area contributed by atoms with Crippen LogP contribution in [0, 0.1) is 5.92 Å². The summed E-state index contributed by atoms with van der Waals surface area (Å²) in [4.78, 5) is 40.3. The van der Waals surface area contributed by atoms with Crippen LogP contribution in [0.25, 0.3) is 0 Å². The van der Waals surface area contributed by atoms with Gasteiger partial charge in [-0.05, 0) is 65.2 Å². The highest BCUT2D eigenvalue weighted by molar-refractivity contribution is 5.94. The van der Waals surface area contributed by atoms with Crippen LogP contribution in [0.15, 0.2) is 24.3 Å². The smallest absolute Gasteiger partial charge is 0.410 e. The van der Waals surface area contributed by atoms with E-state index in [1.807, 2.05) is 46.8 Å². The van der Waals surface area contributed by atoms with E-state index in [4.69, 9.17) is 4.74 Å². The summed E-state index contributed by atoms with van der Waals surface area (Å²) in [7, 11) is 1.79. The molecule has 0 aromatic heterocycles. The van der Waals surface area contributed by atoms with Gasteiger partial charge in [-0.25, -0.2) is 4.79 Å². The molecule has 1 aromatic carbocycles. The fourth-order valence-electron chi connectivity index (χ4n) is 3.19. The van der Waals surface area contributed by atoms with Gasteiger partial charge in [0.15, 0.2) is 0 Å². The molecule has 1 aliphatic heterocycles. The fraction of sp³-hybridized carbons (Fsp3) is 0.609. The number of piperidine rings is 1. The molecule has 1 fully saturated rings. The summed E-state index contributed by atoms with van der Waals surface area (Å²) in [5, 5.41) is 2.97. The molecule has 0 bridgehead atoms. The molecule has 0 radical (unpaired) electrons. The first-order valence-corrected chi connectivity index (χ1v) is 10.6. The van der Waals surface area contributed by atoms with Crippen LogP contribution in [0.3, 0.4) is 0 Å². The number of hydrogen-bond acceptors (Lipinski definition) is 4. The molecule has 166 valence electrons. The van der Waals surface area contributed by atoms with Crippen molar-refractivity contribution in [1.82, 2.24) is 15.1 Å². The summed E-state index contributed by atoms with van der Waals surface area (Å²) in [6, 6.07) is 7.46. The number of carbonyl (C=O) groups is 3. The Morgan fingerprint density at radius 1 is 1.13 bits per heavy atom. The summed E-state index contributed by atoms with van der Waals surface area (Å²) >= 11 is 0. The average Bonchev–Trinajstić information content (AvgIpc) is 2.70. The maximum atomic E-state index is 12.5. The van der Waals surface area contributed by atoms with E-state index in [0.29, 0.717) is 38.0 Å². The molecule has 0 atom stereocenters. The Balaban J connectivity index is 1.80. The van der Waals surface area contributed by atoms with E-state index in [0.717, 1.165) is 5.56 Å². The Labute approximate surface area is 179 Å². The van der Waals surface area contributed by atoms with E-state index >= 15 is 0 Å². The van der Waals surface area contributed by atoms with Crippen molar-refractivity contribution in [2.45, 2.75) is 65.6 Å². The van der Waals surface area contributed by atoms with Crippen molar-refractivity contribution >= 4 is 17.9 Å². The first kappa shape index (κ1) is 23.7. The molecule has 30 heavy (non-hydrogen) atoms. The van der Waals surface area contributed by atoms with E-state index in [2.05, 4.69) is 5.32 Å². The Morgan fingerprint density at radius 3 is 2.20 bits per heavy atom. The predicted octanol–water partition coefficient (Wildman–Crippen LogP) is 3.43. The van der Waals surface area contributed by atoms with Crippen molar-refractivity contribution in [2.75, 3.05) is 20.1 Å². The van der Waals surface area contributed by atoms with Gasteiger partial charge in [0.2, 0.25) is 5.91 Å². The third kappa shape index (κ3) is 6.75. The van der Waals surface area contributed by atoms with Crippen LogP contribution in [0.1, 0.15) is 63.4 Å². The average molecular weight is 418 g/mol. The van der Waals surface area contributed by atoms with Crippen LogP contribution in [0.5, 0.6) is 0 Å². The first-order valence-electron chi connectivity index (χ1n) is 10.6. The topological polar surface area (TPSA) is 79.0 Å². The first-order chi connectivity index (χ1) is 14.0. The molecule has 7 nitrogen and oxygen atoms in total. The lowest BCUT2D eigenvalue weighted by atomic mass is 9.96. The van der Waals surface area contributed by atoms with Crippen molar-refractivity contribution in [3.05, 3.63) is 35.4 Å². The molecule has 0 unspecified atom stereocenters. The number of ether oxygens (including phenoxy) is 1. The minimum absolute atomic E-state index is 0.00136. The fourth-order valence-corrected chi connectivity index (χ4v) is 3.19. The van der Waals surface area contributed by atoms with Crippen LogP contribution < -0.4 is 5.32 Å². The highest BCUT2D eigenvalue weighted by Gasteiger charge is 2.29. The largest absolute Gasteiger partial charge is 0.444 e. The minimum atomic E-state index is -0.518. The van der Waals surface area contributed by atoms with Gasteiger partial charge in [0.25, 0.3) is 5.91 Å². The van der Waals surface area contributed by atoms with E-state index in [1.54, 1.807) is 29.0 Å². The number of likely N-dealkylation sites (tertiary alicyclic amines) is 1. The lowest BCUT2D eigenvalue weighted by molar-refractivity contribution is -0.126. The van der Waals surface area contributed by atoms with Gasteiger partial charge >= 0.3 is 6.09 Å². The lowest BCUT2D eigenvalue weighted by Crippen LogP contribution is -2.44. The van der Waals surface area contributed by atoms with Crippen molar-refractivity contribution in [3.8, 4) is 0 Å². The van der Waals surface area contributed by atoms with E-state index in [1.165, 1.54) is 0 Å². The molecule has 1 saturated heterocycles. The van der Waals surface area contributed by atoms with Gasteiger partial charge in [-0.15, -0.1) is 0 Å². The van der Waals surface area contributed by atoms with Gasteiger partial charge in [-0.3, -0.25) is 9.59 Å². The zero-order valence-corrected chi connectivity index (χ0v) is 19.0. The predicted molar refractivity (Wildman–Crippen MR) is 116 cm³/mol. The van der Waals surface area contributed by atoms with Gasteiger partial charge in [-0.2, -0.15) is 0 Å². The molecule has 0 spiro atoms. The van der Waals surface area contributed by atoms with E-state index < -0.39 is 5.60 Å². The molecule has 0 saturated carbocycles. The molecule has 2 rings (SSSR count). The second-order valence-electron chi connectivity index (χ2n) is 9.17. The van der Waals surface area contributed by atoms with Gasteiger partial charge in [-0.1, -0.05) is 12.1 Å². The minimum Gasteiger partial charge on any atom is -0.444 e. The third-order valence-corrected chi connectivity index (χ3v) is 5.28. The Bertz CT molecular complexity index is 745. The zero-order chi connectivity index (χ0) is 22.5. The molecule has 1 N–H and O–H groups in total. The van der Waals surface area contributed by atoms with Crippen LogP contribution in [0.4, 0.5) is 4.79 Å². The summed E-state index contributed by atoms with van der Waals surface area (Å²) in [6.45, 7) is 10.9. The second kappa shape index (κ2) is 9.96. The van der Waals surface area contributed by atoms with Crippen LogP contribution in [-0.4, -0.2) is 59.5 Å². The van der Waals surface area contributed by atoms with E-state index in [-0.39, 0.29) is 29.9 Å². The Hall–Kier alpha value is -2.57. The normalized spacial score (nSPS) is 15.1. The monoisotopic (exact) mass is 417 g/mol. The lowest BCUT2D eigenvalue weighted by Gasteiger charge is -2.32. The van der Waals surface area contributed by atoms with Gasteiger partial charge in [0.05, 0.1) is 0 Å². The number of nitrogens with zero attached hydrogens (tertiary/aromatic N) is 2. The second-order valence-corrected chi connectivity index (χ2v) is 9.17. The number of carbonyl (C=O) groups excluding carboxylic acids is 3. The molecule has 1 heterocycles. The number of rotatable bonds is 5. The van der Waals surface area contributed by atoms with Crippen molar-refractivity contribution in [2.24, 2.45) is 5.92 Å². The number of benzene rings is 1. The Morgan fingerprint density at radius 2 is 1.70 bits per heavy atom. The molecular weight excluding hydrogens is 382 g/mol. The number of hydrogen-bond donors (Lipinski definition) is 1.